The summed E-state index contributed by atoms with van der Waals surface area (Å²) in [7, 11) is 1.56. The zero-order valence-electron chi connectivity index (χ0n) is 8.46. The minimum absolute atomic E-state index is 0.0352. The van der Waals surface area contributed by atoms with Gasteiger partial charge in [0.05, 0.1) is 17.3 Å². The number of aromatic nitrogens is 1. The van der Waals surface area contributed by atoms with Gasteiger partial charge in [-0.2, -0.15) is 0 Å². The Balaban J connectivity index is 2.95. The number of nitrogens with zero attached hydrogens (tertiary/aromatic N) is 1. The van der Waals surface area contributed by atoms with Crippen molar-refractivity contribution in [2.24, 2.45) is 0 Å². The van der Waals surface area contributed by atoms with Gasteiger partial charge in [0.2, 0.25) is 0 Å². The lowest BCUT2D eigenvalue weighted by atomic mass is 10.3. The molecule has 1 heterocycles. The molecule has 0 fully saturated rings. The van der Waals surface area contributed by atoms with Gasteiger partial charge in [-0.25, -0.2) is 9.78 Å². The predicted molar refractivity (Wildman–Crippen MR) is 61.6 cm³/mol. The van der Waals surface area contributed by atoms with Crippen LogP contribution in [0.2, 0.25) is 10.2 Å². The molecule has 0 radical (unpaired) electrons. The van der Waals surface area contributed by atoms with Crippen LogP contribution in [0.25, 0.3) is 0 Å². The van der Waals surface area contributed by atoms with Crippen molar-refractivity contribution in [2.75, 3.05) is 25.6 Å². The van der Waals surface area contributed by atoms with Crippen LogP contribution in [-0.4, -0.2) is 36.3 Å². The van der Waals surface area contributed by atoms with Crippen LogP contribution in [0.5, 0.6) is 0 Å². The second-order valence-corrected chi connectivity index (χ2v) is 3.65. The highest BCUT2D eigenvalue weighted by molar-refractivity contribution is 6.37. The highest BCUT2D eigenvalue weighted by atomic mass is 35.5. The van der Waals surface area contributed by atoms with E-state index in [1.54, 1.807) is 7.11 Å². The van der Waals surface area contributed by atoms with Gasteiger partial charge in [0.1, 0.15) is 5.15 Å². The van der Waals surface area contributed by atoms with Crippen molar-refractivity contribution >= 4 is 34.9 Å². The van der Waals surface area contributed by atoms with E-state index in [1.165, 1.54) is 6.07 Å². The highest BCUT2D eigenvalue weighted by Gasteiger charge is 2.15. The predicted octanol–water partition coefficient (Wildman–Crippen LogP) is 2.14. The summed E-state index contributed by atoms with van der Waals surface area (Å²) < 4.78 is 4.84. The van der Waals surface area contributed by atoms with Crippen molar-refractivity contribution in [3.05, 3.63) is 21.9 Å². The zero-order valence-corrected chi connectivity index (χ0v) is 9.97. The number of methoxy groups -OCH3 is 1. The average molecular weight is 265 g/mol. The van der Waals surface area contributed by atoms with Gasteiger partial charge >= 0.3 is 5.97 Å². The summed E-state index contributed by atoms with van der Waals surface area (Å²) in [6.07, 6.45) is 0. The average Bonchev–Trinajstić information content (AvgIpc) is 2.22. The van der Waals surface area contributed by atoms with Gasteiger partial charge in [-0.3, -0.25) is 0 Å². The Hall–Kier alpha value is -1.04. The first kappa shape index (κ1) is 13.0. The lowest BCUT2D eigenvalue weighted by molar-refractivity contribution is 0.0691. The number of nitrogens with one attached hydrogen (secondary N) is 1. The van der Waals surface area contributed by atoms with Gasteiger partial charge < -0.3 is 15.2 Å². The number of carboxylic acids is 1. The highest BCUT2D eigenvalue weighted by Crippen LogP contribution is 2.27. The van der Waals surface area contributed by atoms with Gasteiger partial charge in [0.15, 0.2) is 5.69 Å². The van der Waals surface area contributed by atoms with E-state index in [9.17, 15) is 4.79 Å². The first-order valence-electron chi connectivity index (χ1n) is 4.38. The van der Waals surface area contributed by atoms with Crippen LogP contribution < -0.4 is 5.32 Å². The van der Waals surface area contributed by atoms with Gasteiger partial charge in [-0.1, -0.05) is 23.2 Å². The maximum absolute atomic E-state index is 10.8. The number of pyridine rings is 1. The molecule has 2 N–H and O–H groups in total. The number of hydrogen-bond acceptors (Lipinski definition) is 4. The SMILES string of the molecule is COCCNc1cc(Cl)nc(C(=O)O)c1Cl. The number of hydrogen-bond donors (Lipinski definition) is 2. The molecule has 0 atom stereocenters. The normalized spacial score (nSPS) is 10.2. The molecule has 0 saturated heterocycles. The summed E-state index contributed by atoms with van der Waals surface area (Å²) in [6.45, 7) is 0.967. The molecule has 0 aromatic carbocycles. The first-order chi connectivity index (χ1) is 7.56. The lowest BCUT2D eigenvalue weighted by Gasteiger charge is -2.09. The van der Waals surface area contributed by atoms with Crippen molar-refractivity contribution in [1.82, 2.24) is 4.98 Å². The van der Waals surface area contributed by atoms with Crippen LogP contribution in [0.1, 0.15) is 10.5 Å². The Bertz CT molecular complexity index is 399. The van der Waals surface area contributed by atoms with Gasteiger partial charge in [-0.15, -0.1) is 0 Å². The molecule has 1 aromatic heterocycles. The van der Waals surface area contributed by atoms with Crippen molar-refractivity contribution in [1.29, 1.82) is 0 Å². The maximum atomic E-state index is 10.8. The fourth-order valence-electron chi connectivity index (χ4n) is 1.06. The number of aromatic carboxylic acids is 1. The molecular formula is C9H10Cl2N2O3. The fraction of sp³-hybridized carbons (Fsp3) is 0.333. The molecule has 0 amide bonds. The number of anilines is 1. The topological polar surface area (TPSA) is 71.5 Å². The molecule has 0 spiro atoms. The monoisotopic (exact) mass is 264 g/mol. The Morgan fingerprint density at radius 3 is 2.88 bits per heavy atom. The van der Waals surface area contributed by atoms with Crippen LogP contribution in [0.3, 0.4) is 0 Å². The molecule has 0 aliphatic carbocycles. The second kappa shape index (κ2) is 5.89. The van der Waals surface area contributed by atoms with Crippen molar-refractivity contribution in [2.45, 2.75) is 0 Å². The van der Waals surface area contributed by atoms with E-state index in [-0.39, 0.29) is 15.9 Å². The molecule has 0 unspecified atom stereocenters. The summed E-state index contributed by atoms with van der Waals surface area (Å²) in [5, 5.41) is 11.8. The summed E-state index contributed by atoms with van der Waals surface area (Å²) in [4.78, 5) is 14.4. The van der Waals surface area contributed by atoms with E-state index >= 15 is 0 Å². The standard InChI is InChI=1S/C9H10Cl2N2O3/c1-16-3-2-12-5-4-6(10)13-8(7(5)11)9(14)15/h4H,2-3H2,1H3,(H,12,13)(H,14,15). The van der Waals surface area contributed by atoms with E-state index in [4.69, 9.17) is 33.0 Å². The number of halogens is 2. The number of carboxylic acid groups (broad SMARTS) is 1. The van der Waals surface area contributed by atoms with Crippen LogP contribution in [0.4, 0.5) is 5.69 Å². The molecular weight excluding hydrogens is 255 g/mol. The number of carbonyl (C=O) groups is 1. The van der Waals surface area contributed by atoms with E-state index in [0.29, 0.717) is 18.8 Å². The summed E-state index contributed by atoms with van der Waals surface area (Å²) in [5.74, 6) is -1.22. The van der Waals surface area contributed by atoms with E-state index in [0.717, 1.165) is 0 Å². The summed E-state index contributed by atoms with van der Waals surface area (Å²) in [6, 6.07) is 1.46. The third kappa shape index (κ3) is 3.23. The first-order valence-corrected chi connectivity index (χ1v) is 5.14. The second-order valence-electron chi connectivity index (χ2n) is 2.88. The number of rotatable bonds is 5. The zero-order chi connectivity index (χ0) is 12.1. The van der Waals surface area contributed by atoms with Crippen LogP contribution in [-0.2, 0) is 4.74 Å². The van der Waals surface area contributed by atoms with Crippen LogP contribution in [0, 0.1) is 0 Å². The lowest BCUT2D eigenvalue weighted by Crippen LogP contribution is -2.10. The Kier molecular flexibility index (Phi) is 4.79. The molecule has 1 aromatic rings. The summed E-state index contributed by atoms with van der Waals surface area (Å²) in [5.41, 5.74) is 0.158. The molecule has 16 heavy (non-hydrogen) atoms. The van der Waals surface area contributed by atoms with Crippen molar-refractivity contribution in [3.8, 4) is 0 Å². The van der Waals surface area contributed by atoms with Crippen LogP contribution >= 0.6 is 23.2 Å². The van der Waals surface area contributed by atoms with Gasteiger partial charge in [0, 0.05) is 19.7 Å². The fourth-order valence-corrected chi connectivity index (χ4v) is 1.49. The van der Waals surface area contributed by atoms with Gasteiger partial charge in [0.25, 0.3) is 0 Å². The molecule has 5 nitrogen and oxygen atoms in total. The molecule has 0 aliphatic rings. The molecule has 0 saturated carbocycles. The Morgan fingerprint density at radius 1 is 1.62 bits per heavy atom. The van der Waals surface area contributed by atoms with E-state index in [2.05, 4.69) is 10.3 Å². The number of ether oxygens (including phenoxy) is 1. The third-order valence-corrected chi connectivity index (χ3v) is 2.33. The largest absolute Gasteiger partial charge is 0.476 e. The van der Waals surface area contributed by atoms with E-state index < -0.39 is 5.97 Å². The van der Waals surface area contributed by atoms with Crippen molar-refractivity contribution in [3.63, 3.8) is 0 Å². The summed E-state index contributed by atoms with van der Waals surface area (Å²) >= 11 is 11.5. The molecule has 0 bridgehead atoms. The van der Waals surface area contributed by atoms with Crippen LogP contribution in [0.15, 0.2) is 6.07 Å². The minimum atomic E-state index is -1.22. The molecule has 88 valence electrons. The minimum Gasteiger partial charge on any atom is -0.476 e. The molecule has 7 heteroatoms. The van der Waals surface area contributed by atoms with Crippen molar-refractivity contribution < 1.29 is 14.6 Å². The van der Waals surface area contributed by atoms with Gasteiger partial charge in [-0.05, 0) is 0 Å². The Labute approximate surface area is 102 Å². The van der Waals surface area contributed by atoms with E-state index in [1.807, 2.05) is 0 Å². The third-order valence-electron chi connectivity index (χ3n) is 1.75. The molecule has 0 aliphatic heterocycles. The Morgan fingerprint density at radius 2 is 2.31 bits per heavy atom. The smallest absolute Gasteiger partial charge is 0.356 e. The molecule has 1 rings (SSSR count). The maximum Gasteiger partial charge on any atom is 0.356 e. The quantitative estimate of drug-likeness (QED) is 0.630.